The van der Waals surface area contributed by atoms with E-state index in [0.717, 1.165) is 0 Å². The topological polar surface area (TPSA) is 75.6 Å². The summed E-state index contributed by atoms with van der Waals surface area (Å²) in [5.74, 6) is -0.696. The molecule has 0 radical (unpaired) electrons. The Morgan fingerprint density at radius 1 is 1.13 bits per heavy atom. The monoisotopic (exact) mass is 333 g/mol. The van der Waals surface area contributed by atoms with Gasteiger partial charge in [-0.15, -0.1) is 0 Å². The first-order valence-electron chi connectivity index (χ1n) is 6.92. The lowest BCUT2D eigenvalue weighted by Gasteiger charge is -2.18. The molecule has 0 fully saturated rings. The zero-order chi connectivity index (χ0) is 16.8. The Morgan fingerprint density at radius 3 is 2.26 bits per heavy atom. The van der Waals surface area contributed by atoms with Crippen molar-refractivity contribution < 1.29 is 19.4 Å². The summed E-state index contributed by atoms with van der Waals surface area (Å²) in [5.41, 5.74) is 1.11. The average molecular weight is 334 g/mol. The number of hydrogen-bond acceptors (Lipinski definition) is 3. The van der Waals surface area contributed by atoms with Gasteiger partial charge in [-0.3, -0.25) is 9.59 Å². The van der Waals surface area contributed by atoms with Crippen molar-refractivity contribution in [2.75, 3.05) is 7.11 Å². The number of methoxy groups -OCH3 is 1. The van der Waals surface area contributed by atoms with Crippen molar-refractivity contribution >= 4 is 23.5 Å². The molecule has 2 rings (SSSR count). The summed E-state index contributed by atoms with van der Waals surface area (Å²) in [6.45, 7) is 0. The lowest BCUT2D eigenvalue weighted by atomic mass is 10.0. The van der Waals surface area contributed by atoms with Crippen LogP contribution >= 0.6 is 11.6 Å². The molecule has 5 nitrogen and oxygen atoms in total. The van der Waals surface area contributed by atoms with Crippen LogP contribution in [0.15, 0.2) is 48.5 Å². The highest BCUT2D eigenvalue weighted by Crippen LogP contribution is 2.21. The quantitative estimate of drug-likeness (QED) is 0.850. The molecular weight excluding hydrogens is 318 g/mol. The SMILES string of the molecule is COc1ccc([C@H](CC(=O)O)NC(=O)c2ccc(Cl)cc2)cc1. The molecule has 0 saturated heterocycles. The van der Waals surface area contributed by atoms with Gasteiger partial charge in [0, 0.05) is 10.6 Å². The number of nitrogens with one attached hydrogen (secondary N) is 1. The normalized spacial score (nSPS) is 11.6. The molecule has 0 aromatic heterocycles. The fraction of sp³-hybridized carbons (Fsp3) is 0.176. The van der Waals surface area contributed by atoms with E-state index < -0.39 is 12.0 Å². The van der Waals surface area contributed by atoms with Crippen molar-refractivity contribution in [2.45, 2.75) is 12.5 Å². The molecule has 0 saturated carbocycles. The lowest BCUT2D eigenvalue weighted by molar-refractivity contribution is -0.137. The number of carboxylic acid groups (broad SMARTS) is 1. The second-order valence-electron chi connectivity index (χ2n) is 4.90. The molecule has 0 aliphatic rings. The van der Waals surface area contributed by atoms with Crippen LogP contribution < -0.4 is 10.1 Å². The molecule has 1 amide bonds. The van der Waals surface area contributed by atoms with Gasteiger partial charge in [0.1, 0.15) is 5.75 Å². The Hall–Kier alpha value is -2.53. The van der Waals surface area contributed by atoms with Gasteiger partial charge in [0.05, 0.1) is 19.6 Å². The van der Waals surface area contributed by atoms with Crippen LogP contribution in [0.2, 0.25) is 5.02 Å². The highest BCUT2D eigenvalue weighted by molar-refractivity contribution is 6.30. The molecule has 0 unspecified atom stereocenters. The number of carbonyl (C=O) groups is 2. The van der Waals surface area contributed by atoms with Crippen molar-refractivity contribution in [3.63, 3.8) is 0 Å². The molecule has 120 valence electrons. The summed E-state index contributed by atoms with van der Waals surface area (Å²) < 4.78 is 5.08. The highest BCUT2D eigenvalue weighted by atomic mass is 35.5. The van der Waals surface area contributed by atoms with Crippen LogP contribution in [0.25, 0.3) is 0 Å². The maximum Gasteiger partial charge on any atom is 0.305 e. The summed E-state index contributed by atoms with van der Waals surface area (Å²) in [6, 6.07) is 12.7. The summed E-state index contributed by atoms with van der Waals surface area (Å²) in [4.78, 5) is 23.3. The fourth-order valence-electron chi connectivity index (χ4n) is 2.11. The number of rotatable bonds is 6. The molecule has 0 aliphatic carbocycles. The van der Waals surface area contributed by atoms with Gasteiger partial charge >= 0.3 is 5.97 Å². The number of benzene rings is 2. The van der Waals surface area contributed by atoms with Crippen LogP contribution in [0, 0.1) is 0 Å². The molecule has 2 aromatic carbocycles. The van der Waals surface area contributed by atoms with Crippen LogP contribution in [0.1, 0.15) is 28.4 Å². The van der Waals surface area contributed by atoms with Gasteiger partial charge < -0.3 is 15.2 Å². The van der Waals surface area contributed by atoms with E-state index in [-0.39, 0.29) is 12.3 Å². The summed E-state index contributed by atoms with van der Waals surface area (Å²) in [5, 5.41) is 12.3. The summed E-state index contributed by atoms with van der Waals surface area (Å²) >= 11 is 5.79. The third-order valence-electron chi connectivity index (χ3n) is 3.31. The molecule has 0 aliphatic heterocycles. The number of amides is 1. The third-order valence-corrected chi connectivity index (χ3v) is 3.56. The van der Waals surface area contributed by atoms with E-state index in [1.165, 1.54) is 0 Å². The number of halogens is 1. The number of carbonyl (C=O) groups excluding carboxylic acids is 1. The first-order chi connectivity index (χ1) is 11.0. The Morgan fingerprint density at radius 2 is 1.74 bits per heavy atom. The van der Waals surface area contributed by atoms with Crippen molar-refractivity contribution in [2.24, 2.45) is 0 Å². The molecule has 0 spiro atoms. The molecular formula is C17H16ClNO4. The van der Waals surface area contributed by atoms with Crippen LogP contribution in [0.4, 0.5) is 0 Å². The molecule has 0 bridgehead atoms. The zero-order valence-corrected chi connectivity index (χ0v) is 13.2. The number of ether oxygens (including phenoxy) is 1. The van der Waals surface area contributed by atoms with Crippen molar-refractivity contribution in [1.29, 1.82) is 0 Å². The zero-order valence-electron chi connectivity index (χ0n) is 12.5. The maximum absolute atomic E-state index is 12.3. The Bertz CT molecular complexity index is 683. The maximum atomic E-state index is 12.3. The molecule has 1 atom stereocenters. The van der Waals surface area contributed by atoms with Gasteiger partial charge in [-0.25, -0.2) is 0 Å². The number of carboxylic acids is 1. The molecule has 2 aromatic rings. The fourth-order valence-corrected chi connectivity index (χ4v) is 2.23. The highest BCUT2D eigenvalue weighted by Gasteiger charge is 2.19. The Labute approximate surface area is 138 Å². The van der Waals surface area contributed by atoms with Crippen LogP contribution in [0.5, 0.6) is 5.75 Å². The second-order valence-corrected chi connectivity index (χ2v) is 5.34. The van der Waals surface area contributed by atoms with Gasteiger partial charge in [0.15, 0.2) is 0 Å². The average Bonchev–Trinajstić information content (AvgIpc) is 2.54. The predicted octanol–water partition coefficient (Wildman–Crippen LogP) is 3.29. The Balaban J connectivity index is 2.18. The van der Waals surface area contributed by atoms with E-state index in [1.54, 1.807) is 55.6 Å². The summed E-state index contributed by atoms with van der Waals surface area (Å²) in [7, 11) is 1.55. The van der Waals surface area contributed by atoms with Crippen molar-refractivity contribution in [3.05, 3.63) is 64.7 Å². The van der Waals surface area contributed by atoms with E-state index in [9.17, 15) is 9.59 Å². The van der Waals surface area contributed by atoms with E-state index in [4.69, 9.17) is 21.4 Å². The minimum atomic E-state index is -0.998. The molecule has 0 heterocycles. The van der Waals surface area contributed by atoms with E-state index >= 15 is 0 Å². The van der Waals surface area contributed by atoms with E-state index in [0.29, 0.717) is 21.9 Å². The van der Waals surface area contributed by atoms with Gasteiger partial charge in [-0.2, -0.15) is 0 Å². The smallest absolute Gasteiger partial charge is 0.305 e. The molecule has 6 heteroatoms. The van der Waals surface area contributed by atoms with Crippen LogP contribution in [-0.2, 0) is 4.79 Å². The number of hydrogen-bond donors (Lipinski definition) is 2. The minimum Gasteiger partial charge on any atom is -0.497 e. The first kappa shape index (κ1) is 16.8. The third kappa shape index (κ3) is 4.72. The predicted molar refractivity (Wildman–Crippen MR) is 86.9 cm³/mol. The number of aliphatic carboxylic acids is 1. The lowest BCUT2D eigenvalue weighted by Crippen LogP contribution is -2.30. The first-order valence-corrected chi connectivity index (χ1v) is 7.29. The van der Waals surface area contributed by atoms with Crippen molar-refractivity contribution in [3.8, 4) is 5.75 Å². The van der Waals surface area contributed by atoms with Crippen LogP contribution in [0.3, 0.4) is 0 Å². The van der Waals surface area contributed by atoms with E-state index in [2.05, 4.69) is 5.32 Å². The van der Waals surface area contributed by atoms with Gasteiger partial charge in [0.2, 0.25) is 0 Å². The second kappa shape index (κ2) is 7.65. The van der Waals surface area contributed by atoms with Crippen molar-refractivity contribution in [1.82, 2.24) is 5.32 Å². The standard InChI is InChI=1S/C17H16ClNO4/c1-23-14-8-4-11(5-9-14)15(10-16(20)21)19-17(22)12-2-6-13(18)7-3-12/h2-9,15H,10H2,1H3,(H,19,22)(H,20,21)/t15-/m0/s1. The largest absolute Gasteiger partial charge is 0.497 e. The molecule has 23 heavy (non-hydrogen) atoms. The van der Waals surface area contributed by atoms with Gasteiger partial charge in [-0.1, -0.05) is 23.7 Å². The summed E-state index contributed by atoms with van der Waals surface area (Å²) in [6.07, 6.45) is -0.217. The van der Waals surface area contributed by atoms with Crippen LogP contribution in [-0.4, -0.2) is 24.1 Å². The van der Waals surface area contributed by atoms with Gasteiger partial charge in [0.25, 0.3) is 5.91 Å². The molecule has 2 N–H and O–H groups in total. The van der Waals surface area contributed by atoms with E-state index in [1.807, 2.05) is 0 Å². The Kier molecular flexibility index (Phi) is 5.60. The minimum absolute atomic E-state index is 0.217. The van der Waals surface area contributed by atoms with Gasteiger partial charge in [-0.05, 0) is 42.0 Å².